The Balaban J connectivity index is 1.60. The molecular formula is C18H23NO3. The number of methoxy groups -OCH3 is 1. The first-order valence-electron chi connectivity index (χ1n) is 8.44. The number of hydrogen-bond donors (Lipinski definition) is 0. The third-order valence-corrected chi connectivity index (χ3v) is 5.15. The van der Waals surface area contributed by atoms with Crippen molar-refractivity contribution >= 4 is 5.71 Å². The van der Waals surface area contributed by atoms with Crippen LogP contribution in [0.2, 0.25) is 0 Å². The van der Waals surface area contributed by atoms with Crippen LogP contribution in [0.4, 0.5) is 0 Å². The first kappa shape index (κ1) is 13.9. The molecule has 2 unspecified atom stereocenters. The first-order valence-corrected chi connectivity index (χ1v) is 8.44. The van der Waals surface area contributed by atoms with Crippen LogP contribution in [0.25, 0.3) is 0 Å². The third-order valence-electron chi connectivity index (χ3n) is 5.15. The lowest BCUT2D eigenvalue weighted by atomic mass is 9.94. The number of fused-ring (bicyclic) bond motifs is 1. The van der Waals surface area contributed by atoms with E-state index in [9.17, 15) is 0 Å². The lowest BCUT2D eigenvalue weighted by Crippen LogP contribution is -2.18. The van der Waals surface area contributed by atoms with Crippen LogP contribution in [-0.2, 0) is 4.84 Å². The normalized spacial score (nSPS) is 27.4. The molecule has 0 aromatic heterocycles. The molecule has 0 spiro atoms. The van der Waals surface area contributed by atoms with Crippen molar-refractivity contribution < 1.29 is 14.3 Å². The molecule has 1 aliphatic heterocycles. The molecule has 0 radical (unpaired) electrons. The summed E-state index contributed by atoms with van der Waals surface area (Å²) in [6.07, 6.45) is 8.95. The smallest absolute Gasteiger partial charge is 0.162 e. The molecule has 0 saturated heterocycles. The van der Waals surface area contributed by atoms with E-state index in [4.69, 9.17) is 14.3 Å². The molecule has 3 aliphatic rings. The number of benzene rings is 1. The second-order valence-corrected chi connectivity index (χ2v) is 6.55. The van der Waals surface area contributed by atoms with Crippen molar-refractivity contribution in [1.82, 2.24) is 0 Å². The molecule has 2 aliphatic carbocycles. The quantitative estimate of drug-likeness (QED) is 0.846. The van der Waals surface area contributed by atoms with Crippen molar-refractivity contribution in [2.45, 2.75) is 57.2 Å². The van der Waals surface area contributed by atoms with Gasteiger partial charge >= 0.3 is 0 Å². The molecule has 2 fully saturated rings. The highest BCUT2D eigenvalue weighted by Crippen LogP contribution is 2.38. The molecule has 4 rings (SSSR count). The topological polar surface area (TPSA) is 40.0 Å². The van der Waals surface area contributed by atoms with Crippen LogP contribution in [0.15, 0.2) is 23.4 Å². The maximum absolute atomic E-state index is 6.19. The highest BCUT2D eigenvalue weighted by atomic mass is 16.6. The van der Waals surface area contributed by atoms with Crippen molar-refractivity contribution in [2.75, 3.05) is 7.11 Å². The monoisotopic (exact) mass is 301 g/mol. The van der Waals surface area contributed by atoms with Crippen LogP contribution in [-0.4, -0.2) is 25.0 Å². The Morgan fingerprint density at radius 1 is 1.05 bits per heavy atom. The summed E-state index contributed by atoms with van der Waals surface area (Å²) in [4.78, 5) is 5.59. The van der Waals surface area contributed by atoms with Gasteiger partial charge in [-0.2, -0.15) is 0 Å². The van der Waals surface area contributed by atoms with Crippen LogP contribution in [0.5, 0.6) is 11.5 Å². The number of nitrogens with zero attached hydrogens (tertiary/aromatic N) is 1. The molecule has 1 heterocycles. The summed E-state index contributed by atoms with van der Waals surface area (Å²) in [6.45, 7) is 0. The molecule has 0 bridgehead atoms. The largest absolute Gasteiger partial charge is 0.493 e. The summed E-state index contributed by atoms with van der Waals surface area (Å²) < 4.78 is 11.7. The summed E-state index contributed by atoms with van der Waals surface area (Å²) in [5.41, 5.74) is 2.20. The van der Waals surface area contributed by atoms with Gasteiger partial charge in [-0.25, -0.2) is 0 Å². The maximum Gasteiger partial charge on any atom is 0.162 e. The third kappa shape index (κ3) is 2.44. The molecule has 4 heteroatoms. The van der Waals surface area contributed by atoms with E-state index in [2.05, 4.69) is 17.3 Å². The lowest BCUT2D eigenvalue weighted by Gasteiger charge is -2.17. The van der Waals surface area contributed by atoms with Gasteiger partial charge in [0.25, 0.3) is 0 Å². The molecule has 22 heavy (non-hydrogen) atoms. The second-order valence-electron chi connectivity index (χ2n) is 6.55. The van der Waals surface area contributed by atoms with E-state index in [1.807, 2.05) is 6.07 Å². The lowest BCUT2D eigenvalue weighted by molar-refractivity contribution is 0.0746. The Hall–Kier alpha value is -1.71. The fourth-order valence-electron chi connectivity index (χ4n) is 3.94. The van der Waals surface area contributed by atoms with Crippen LogP contribution in [0, 0.1) is 5.92 Å². The molecule has 2 atom stereocenters. The molecule has 1 aromatic carbocycles. The van der Waals surface area contributed by atoms with Crippen molar-refractivity contribution in [3.8, 4) is 11.5 Å². The van der Waals surface area contributed by atoms with Crippen molar-refractivity contribution in [1.29, 1.82) is 0 Å². The Morgan fingerprint density at radius 3 is 2.73 bits per heavy atom. The van der Waals surface area contributed by atoms with E-state index in [1.54, 1.807) is 7.11 Å². The number of ether oxygens (including phenoxy) is 2. The van der Waals surface area contributed by atoms with Crippen LogP contribution >= 0.6 is 0 Å². The fraction of sp³-hybridized carbons (Fsp3) is 0.611. The molecule has 0 N–H and O–H groups in total. The van der Waals surface area contributed by atoms with Crippen LogP contribution in [0.1, 0.15) is 50.5 Å². The van der Waals surface area contributed by atoms with Crippen molar-refractivity contribution in [2.24, 2.45) is 11.1 Å². The van der Waals surface area contributed by atoms with Crippen LogP contribution in [0.3, 0.4) is 0 Å². The zero-order valence-electron chi connectivity index (χ0n) is 13.1. The predicted molar refractivity (Wildman–Crippen MR) is 84.6 cm³/mol. The van der Waals surface area contributed by atoms with Gasteiger partial charge in [-0.05, 0) is 63.1 Å². The molecule has 0 amide bonds. The summed E-state index contributed by atoms with van der Waals surface area (Å²) in [5.74, 6) is 2.10. The highest BCUT2D eigenvalue weighted by Gasteiger charge is 2.38. The van der Waals surface area contributed by atoms with E-state index in [-0.39, 0.29) is 6.10 Å². The average molecular weight is 301 g/mol. The van der Waals surface area contributed by atoms with E-state index in [0.717, 1.165) is 42.0 Å². The van der Waals surface area contributed by atoms with Gasteiger partial charge in [0.05, 0.1) is 18.9 Å². The Bertz CT molecular complexity index is 578. The van der Waals surface area contributed by atoms with Gasteiger partial charge in [-0.3, -0.25) is 0 Å². The molecule has 2 saturated carbocycles. The number of rotatable bonds is 4. The van der Waals surface area contributed by atoms with Gasteiger partial charge in [0.2, 0.25) is 0 Å². The van der Waals surface area contributed by atoms with Crippen LogP contribution < -0.4 is 9.47 Å². The molecule has 118 valence electrons. The zero-order chi connectivity index (χ0) is 14.9. The number of oxime groups is 1. The van der Waals surface area contributed by atoms with E-state index < -0.39 is 0 Å². The summed E-state index contributed by atoms with van der Waals surface area (Å²) >= 11 is 0. The van der Waals surface area contributed by atoms with Gasteiger partial charge in [0.1, 0.15) is 6.10 Å². The Morgan fingerprint density at radius 2 is 1.91 bits per heavy atom. The average Bonchev–Trinajstić information content (AvgIpc) is 3.24. The Kier molecular flexibility index (Phi) is 3.68. The Labute approximate surface area is 131 Å². The predicted octanol–water partition coefficient (Wildman–Crippen LogP) is 3.92. The second kappa shape index (κ2) is 5.82. The summed E-state index contributed by atoms with van der Waals surface area (Å²) in [6, 6.07) is 6.15. The van der Waals surface area contributed by atoms with E-state index in [1.165, 1.54) is 25.7 Å². The van der Waals surface area contributed by atoms with Gasteiger partial charge in [0.15, 0.2) is 11.5 Å². The van der Waals surface area contributed by atoms with Crippen molar-refractivity contribution in [3.63, 3.8) is 0 Å². The number of hydrogen-bond acceptors (Lipinski definition) is 4. The fourth-order valence-corrected chi connectivity index (χ4v) is 3.94. The molecule has 4 nitrogen and oxygen atoms in total. The zero-order valence-corrected chi connectivity index (χ0v) is 13.1. The molecular weight excluding hydrogens is 278 g/mol. The highest BCUT2D eigenvalue weighted by molar-refractivity contribution is 6.03. The van der Waals surface area contributed by atoms with Gasteiger partial charge < -0.3 is 14.3 Å². The van der Waals surface area contributed by atoms with Gasteiger partial charge in [-0.1, -0.05) is 5.16 Å². The SMILES string of the molecule is COc1ccc(C2=NOC3CCCC23)cc1OC1CCCC1. The van der Waals surface area contributed by atoms with E-state index >= 15 is 0 Å². The van der Waals surface area contributed by atoms with Gasteiger partial charge in [0, 0.05) is 11.5 Å². The minimum absolute atomic E-state index is 0.288. The maximum atomic E-state index is 6.19. The van der Waals surface area contributed by atoms with E-state index in [0.29, 0.717) is 12.0 Å². The first-order chi connectivity index (χ1) is 10.8. The minimum Gasteiger partial charge on any atom is -0.493 e. The summed E-state index contributed by atoms with van der Waals surface area (Å²) in [5, 5.41) is 4.34. The van der Waals surface area contributed by atoms with Crippen molar-refractivity contribution in [3.05, 3.63) is 23.8 Å². The standard InChI is InChI=1S/C18H23NO3/c1-20-16-10-9-12(11-17(16)21-13-5-2-3-6-13)18-14-7-4-8-15(14)22-19-18/h9-11,13-15H,2-8H2,1H3. The van der Waals surface area contributed by atoms with Gasteiger partial charge in [-0.15, -0.1) is 0 Å². The minimum atomic E-state index is 0.288. The molecule has 1 aromatic rings. The summed E-state index contributed by atoms with van der Waals surface area (Å²) in [7, 11) is 1.69.